The molecule has 0 saturated carbocycles. The van der Waals surface area contributed by atoms with E-state index in [0.29, 0.717) is 19.6 Å². The van der Waals surface area contributed by atoms with E-state index in [-0.39, 0.29) is 18.6 Å². The molecule has 108 valence electrons. The van der Waals surface area contributed by atoms with Gasteiger partial charge in [-0.1, -0.05) is 0 Å². The van der Waals surface area contributed by atoms with Gasteiger partial charge >= 0.3 is 5.97 Å². The number of carboxylic acid groups (broad SMARTS) is 1. The third-order valence-corrected chi connectivity index (χ3v) is 4.92. The van der Waals surface area contributed by atoms with Crippen LogP contribution >= 0.6 is 11.3 Å². The van der Waals surface area contributed by atoms with Crippen molar-refractivity contribution < 1.29 is 19.4 Å². The molecule has 0 aliphatic carbocycles. The molecule has 2 aliphatic heterocycles. The summed E-state index contributed by atoms with van der Waals surface area (Å²) in [6.45, 7) is 1.05. The Morgan fingerprint density at radius 2 is 2.25 bits per heavy atom. The number of carboxylic acids is 1. The number of fused-ring (bicyclic) bond motifs is 1. The molecule has 3 atom stereocenters. The van der Waals surface area contributed by atoms with Crippen LogP contribution in [0.4, 0.5) is 0 Å². The van der Waals surface area contributed by atoms with Crippen molar-refractivity contribution in [3.63, 3.8) is 0 Å². The maximum atomic E-state index is 12.6. The fourth-order valence-corrected chi connectivity index (χ4v) is 3.76. The Hall–Kier alpha value is -1.44. The topological polar surface area (TPSA) is 92.9 Å². The minimum Gasteiger partial charge on any atom is -0.479 e. The first kappa shape index (κ1) is 13.5. The van der Waals surface area contributed by atoms with Crippen molar-refractivity contribution in [1.82, 2.24) is 4.90 Å². The Labute approximate surface area is 120 Å². The van der Waals surface area contributed by atoms with Crippen molar-refractivity contribution in [2.45, 2.75) is 18.5 Å². The summed E-state index contributed by atoms with van der Waals surface area (Å²) in [7, 11) is 0. The lowest BCUT2D eigenvalue weighted by molar-refractivity contribution is -0.153. The summed E-state index contributed by atoms with van der Waals surface area (Å²) < 4.78 is 5.21. The minimum atomic E-state index is -0.995. The van der Waals surface area contributed by atoms with Crippen LogP contribution < -0.4 is 5.73 Å². The zero-order chi connectivity index (χ0) is 14.3. The molecule has 3 rings (SSSR count). The van der Waals surface area contributed by atoms with E-state index in [0.717, 1.165) is 10.4 Å². The third-order valence-electron chi connectivity index (χ3n) is 3.92. The van der Waals surface area contributed by atoms with Crippen LogP contribution in [0.2, 0.25) is 0 Å². The number of aliphatic carboxylic acids is 1. The molecular formula is C13H16N2O4S. The average molecular weight is 296 g/mol. The van der Waals surface area contributed by atoms with E-state index in [9.17, 15) is 14.7 Å². The molecule has 3 N–H and O–H groups in total. The largest absolute Gasteiger partial charge is 0.479 e. The summed E-state index contributed by atoms with van der Waals surface area (Å²) in [5.41, 5.74) is 6.60. The summed E-state index contributed by atoms with van der Waals surface area (Å²) >= 11 is 1.54. The number of ether oxygens (including phenoxy) is 1. The average Bonchev–Trinajstić information content (AvgIpc) is 3.04. The molecule has 1 aromatic heterocycles. The number of hydrogen-bond acceptors (Lipinski definition) is 5. The van der Waals surface area contributed by atoms with E-state index in [1.807, 2.05) is 5.38 Å². The predicted octanol–water partition coefficient (Wildman–Crippen LogP) is 0.232. The Bertz CT molecular complexity index is 544. The standard InChI is InChI=1S/C13H16N2O4S/c14-9-6-19-5-8(9)12(16)15-3-1-10-7(2-4-20-10)11(15)13(17)18/h2,4,8-9,11H,1,3,5-6,14H2,(H,17,18). The summed E-state index contributed by atoms with van der Waals surface area (Å²) in [5.74, 6) is -1.64. The van der Waals surface area contributed by atoms with Gasteiger partial charge in [0.15, 0.2) is 6.04 Å². The molecular weight excluding hydrogens is 280 g/mol. The van der Waals surface area contributed by atoms with Crippen LogP contribution in [0, 0.1) is 5.92 Å². The second-order valence-corrected chi connectivity index (χ2v) is 6.13. The van der Waals surface area contributed by atoms with Crippen LogP contribution in [0.5, 0.6) is 0 Å². The van der Waals surface area contributed by atoms with Crippen molar-refractivity contribution in [2.75, 3.05) is 19.8 Å². The summed E-state index contributed by atoms with van der Waals surface area (Å²) in [4.78, 5) is 26.6. The Kier molecular flexibility index (Phi) is 3.49. The third kappa shape index (κ3) is 2.11. The summed E-state index contributed by atoms with van der Waals surface area (Å²) in [6.07, 6.45) is 0.700. The van der Waals surface area contributed by atoms with Crippen molar-refractivity contribution in [2.24, 2.45) is 11.7 Å². The molecule has 20 heavy (non-hydrogen) atoms. The molecule has 0 spiro atoms. The second kappa shape index (κ2) is 5.16. The molecule has 1 amide bonds. The van der Waals surface area contributed by atoms with Gasteiger partial charge < -0.3 is 20.5 Å². The van der Waals surface area contributed by atoms with Crippen LogP contribution in [0.3, 0.4) is 0 Å². The number of nitrogens with two attached hydrogens (primary N) is 1. The summed E-state index contributed by atoms with van der Waals surface area (Å²) in [5, 5.41) is 11.4. The van der Waals surface area contributed by atoms with Gasteiger partial charge in [0.2, 0.25) is 5.91 Å². The van der Waals surface area contributed by atoms with Crippen molar-refractivity contribution in [1.29, 1.82) is 0 Å². The van der Waals surface area contributed by atoms with Gasteiger partial charge in [0.1, 0.15) is 0 Å². The Balaban J connectivity index is 1.89. The van der Waals surface area contributed by atoms with E-state index in [1.54, 1.807) is 17.4 Å². The number of rotatable bonds is 2. The molecule has 2 aliphatic rings. The number of hydrogen-bond donors (Lipinski definition) is 2. The van der Waals surface area contributed by atoms with Gasteiger partial charge in [-0.2, -0.15) is 0 Å². The number of carbonyl (C=O) groups excluding carboxylic acids is 1. The molecule has 7 heteroatoms. The highest BCUT2D eigenvalue weighted by atomic mass is 32.1. The smallest absolute Gasteiger partial charge is 0.331 e. The fraction of sp³-hybridized carbons (Fsp3) is 0.538. The van der Waals surface area contributed by atoms with E-state index in [1.165, 1.54) is 4.90 Å². The van der Waals surface area contributed by atoms with Gasteiger partial charge in [-0.3, -0.25) is 4.79 Å². The monoisotopic (exact) mass is 296 g/mol. The lowest BCUT2D eigenvalue weighted by atomic mass is 9.96. The van der Waals surface area contributed by atoms with Gasteiger partial charge in [0.25, 0.3) is 0 Å². The van der Waals surface area contributed by atoms with E-state index >= 15 is 0 Å². The maximum Gasteiger partial charge on any atom is 0.331 e. The van der Waals surface area contributed by atoms with Crippen LogP contribution in [0.25, 0.3) is 0 Å². The van der Waals surface area contributed by atoms with E-state index in [2.05, 4.69) is 0 Å². The fourth-order valence-electron chi connectivity index (χ4n) is 2.86. The predicted molar refractivity (Wildman–Crippen MR) is 72.4 cm³/mol. The molecule has 1 fully saturated rings. The van der Waals surface area contributed by atoms with Crippen LogP contribution in [-0.2, 0) is 20.7 Å². The van der Waals surface area contributed by atoms with Gasteiger partial charge in [-0.05, 0) is 23.4 Å². The Morgan fingerprint density at radius 3 is 2.90 bits per heavy atom. The lowest BCUT2D eigenvalue weighted by Crippen LogP contribution is -2.49. The summed E-state index contributed by atoms with van der Waals surface area (Å²) in [6, 6.07) is 0.551. The molecule has 0 radical (unpaired) electrons. The molecule has 0 aromatic carbocycles. The lowest BCUT2D eigenvalue weighted by Gasteiger charge is -2.35. The highest BCUT2D eigenvalue weighted by Crippen LogP contribution is 2.34. The van der Waals surface area contributed by atoms with Crippen LogP contribution in [-0.4, -0.2) is 47.7 Å². The van der Waals surface area contributed by atoms with Gasteiger partial charge in [-0.15, -0.1) is 11.3 Å². The zero-order valence-electron chi connectivity index (χ0n) is 10.8. The molecule has 0 bridgehead atoms. The van der Waals surface area contributed by atoms with Crippen molar-refractivity contribution >= 4 is 23.2 Å². The zero-order valence-corrected chi connectivity index (χ0v) is 11.6. The van der Waals surface area contributed by atoms with Gasteiger partial charge in [0, 0.05) is 17.5 Å². The first-order valence-electron chi connectivity index (χ1n) is 6.52. The normalized spacial score (nSPS) is 29.2. The van der Waals surface area contributed by atoms with E-state index in [4.69, 9.17) is 10.5 Å². The van der Waals surface area contributed by atoms with Crippen LogP contribution in [0.15, 0.2) is 11.4 Å². The van der Waals surface area contributed by atoms with Gasteiger partial charge in [0.05, 0.1) is 19.1 Å². The molecule has 1 saturated heterocycles. The molecule has 6 nitrogen and oxygen atoms in total. The highest BCUT2D eigenvalue weighted by Gasteiger charge is 2.42. The highest BCUT2D eigenvalue weighted by molar-refractivity contribution is 7.10. The first-order valence-corrected chi connectivity index (χ1v) is 7.40. The van der Waals surface area contributed by atoms with E-state index < -0.39 is 17.9 Å². The first-order chi connectivity index (χ1) is 9.59. The molecule has 3 unspecified atom stereocenters. The second-order valence-electron chi connectivity index (χ2n) is 5.13. The Morgan fingerprint density at radius 1 is 1.45 bits per heavy atom. The number of thiophene rings is 1. The number of amides is 1. The quantitative estimate of drug-likeness (QED) is 0.815. The number of nitrogens with zero attached hydrogens (tertiary/aromatic N) is 1. The molecule has 1 aromatic rings. The molecule has 3 heterocycles. The van der Waals surface area contributed by atoms with Crippen LogP contribution in [0.1, 0.15) is 16.5 Å². The number of carbonyl (C=O) groups is 2. The SMILES string of the molecule is NC1COCC1C(=O)N1CCc2sccc2C1C(=O)O. The van der Waals surface area contributed by atoms with Crippen molar-refractivity contribution in [3.05, 3.63) is 21.9 Å². The van der Waals surface area contributed by atoms with Crippen molar-refractivity contribution in [3.8, 4) is 0 Å². The van der Waals surface area contributed by atoms with Gasteiger partial charge in [-0.25, -0.2) is 4.79 Å². The minimum absolute atomic E-state index is 0.209. The maximum absolute atomic E-state index is 12.6.